The summed E-state index contributed by atoms with van der Waals surface area (Å²) in [6.45, 7) is 1.60. The molecule has 2 aromatic rings. The van der Waals surface area contributed by atoms with Crippen LogP contribution < -0.4 is 4.90 Å². The predicted octanol–water partition coefficient (Wildman–Crippen LogP) is 3.37. The van der Waals surface area contributed by atoms with Gasteiger partial charge in [0.15, 0.2) is 0 Å². The van der Waals surface area contributed by atoms with E-state index in [9.17, 15) is 10.1 Å². The standard InChI is InChI=1S/C16H17N3O2/c20-19(21)15-9-4-10-17-16(15)18-11-5-8-14(12-18)13-6-2-1-3-7-13/h1-4,6-7,9-10,14H,5,8,11-12H2. The van der Waals surface area contributed by atoms with Gasteiger partial charge in [-0.3, -0.25) is 10.1 Å². The molecule has 2 heterocycles. The molecule has 3 rings (SSSR count). The lowest BCUT2D eigenvalue weighted by molar-refractivity contribution is -0.384. The van der Waals surface area contributed by atoms with E-state index in [4.69, 9.17) is 0 Å². The molecule has 108 valence electrons. The Morgan fingerprint density at radius 3 is 2.76 bits per heavy atom. The first kappa shape index (κ1) is 13.5. The molecule has 1 atom stereocenters. The molecule has 1 fully saturated rings. The summed E-state index contributed by atoms with van der Waals surface area (Å²) < 4.78 is 0. The van der Waals surface area contributed by atoms with Crippen LogP contribution in [0.15, 0.2) is 48.7 Å². The van der Waals surface area contributed by atoms with Crippen molar-refractivity contribution in [3.05, 3.63) is 64.3 Å². The van der Waals surface area contributed by atoms with Crippen molar-refractivity contribution in [2.75, 3.05) is 18.0 Å². The number of nitro groups is 1. The fraction of sp³-hybridized carbons (Fsp3) is 0.312. The molecule has 0 radical (unpaired) electrons. The Morgan fingerprint density at radius 2 is 2.00 bits per heavy atom. The highest BCUT2D eigenvalue weighted by molar-refractivity contribution is 5.57. The van der Waals surface area contributed by atoms with Crippen molar-refractivity contribution in [3.63, 3.8) is 0 Å². The predicted molar refractivity (Wildman–Crippen MR) is 81.5 cm³/mol. The molecule has 0 spiro atoms. The minimum atomic E-state index is -0.353. The largest absolute Gasteiger partial charge is 0.350 e. The van der Waals surface area contributed by atoms with Crippen LogP contribution in [-0.4, -0.2) is 23.0 Å². The van der Waals surface area contributed by atoms with Crippen molar-refractivity contribution in [2.24, 2.45) is 0 Å². The minimum Gasteiger partial charge on any atom is -0.350 e. The Morgan fingerprint density at radius 1 is 1.19 bits per heavy atom. The van der Waals surface area contributed by atoms with E-state index in [1.165, 1.54) is 11.6 Å². The highest BCUT2D eigenvalue weighted by Crippen LogP contribution is 2.32. The first-order chi connectivity index (χ1) is 10.3. The van der Waals surface area contributed by atoms with E-state index in [1.54, 1.807) is 12.3 Å². The molecule has 1 aliphatic heterocycles. The van der Waals surface area contributed by atoms with Crippen LogP contribution in [0.2, 0.25) is 0 Å². The summed E-state index contributed by atoms with van der Waals surface area (Å²) in [4.78, 5) is 17.1. The molecular formula is C16H17N3O2. The highest BCUT2D eigenvalue weighted by Gasteiger charge is 2.26. The van der Waals surface area contributed by atoms with Crippen molar-refractivity contribution in [1.29, 1.82) is 0 Å². The van der Waals surface area contributed by atoms with E-state index in [-0.39, 0.29) is 10.6 Å². The quantitative estimate of drug-likeness (QED) is 0.640. The van der Waals surface area contributed by atoms with Gasteiger partial charge in [0.25, 0.3) is 0 Å². The Bertz CT molecular complexity index is 630. The molecule has 1 aromatic carbocycles. The topological polar surface area (TPSA) is 59.3 Å². The average molecular weight is 283 g/mol. The second-order valence-corrected chi connectivity index (χ2v) is 5.30. The van der Waals surface area contributed by atoms with Crippen molar-refractivity contribution in [1.82, 2.24) is 4.98 Å². The summed E-state index contributed by atoms with van der Waals surface area (Å²) in [5.41, 5.74) is 1.38. The fourth-order valence-electron chi connectivity index (χ4n) is 2.94. The zero-order valence-corrected chi connectivity index (χ0v) is 11.7. The second kappa shape index (κ2) is 5.91. The summed E-state index contributed by atoms with van der Waals surface area (Å²) in [5.74, 6) is 0.893. The van der Waals surface area contributed by atoms with Gasteiger partial charge in [0.2, 0.25) is 5.82 Å². The maximum Gasteiger partial charge on any atom is 0.311 e. The smallest absolute Gasteiger partial charge is 0.311 e. The maximum atomic E-state index is 11.2. The number of hydrogen-bond donors (Lipinski definition) is 0. The number of nitrogens with zero attached hydrogens (tertiary/aromatic N) is 3. The van der Waals surface area contributed by atoms with E-state index in [0.717, 1.165) is 25.9 Å². The molecular weight excluding hydrogens is 266 g/mol. The van der Waals surface area contributed by atoms with E-state index in [0.29, 0.717) is 11.7 Å². The molecule has 0 amide bonds. The van der Waals surface area contributed by atoms with E-state index >= 15 is 0 Å². The van der Waals surface area contributed by atoms with Crippen LogP contribution in [0.25, 0.3) is 0 Å². The first-order valence-corrected chi connectivity index (χ1v) is 7.15. The third kappa shape index (κ3) is 2.86. The Balaban J connectivity index is 1.85. The van der Waals surface area contributed by atoms with Gasteiger partial charge in [0, 0.05) is 31.3 Å². The number of rotatable bonds is 3. The summed E-state index contributed by atoms with van der Waals surface area (Å²) in [6, 6.07) is 13.5. The van der Waals surface area contributed by atoms with Gasteiger partial charge in [0.1, 0.15) is 0 Å². The molecule has 1 aromatic heterocycles. The molecule has 0 saturated carbocycles. The van der Waals surface area contributed by atoms with Crippen LogP contribution in [0.3, 0.4) is 0 Å². The monoisotopic (exact) mass is 283 g/mol. The van der Waals surface area contributed by atoms with Gasteiger partial charge in [0.05, 0.1) is 4.92 Å². The van der Waals surface area contributed by atoms with Gasteiger partial charge in [-0.25, -0.2) is 4.98 Å². The Hall–Kier alpha value is -2.43. The van der Waals surface area contributed by atoms with Gasteiger partial charge < -0.3 is 4.90 Å². The van der Waals surface area contributed by atoms with Crippen LogP contribution in [0, 0.1) is 10.1 Å². The lowest BCUT2D eigenvalue weighted by atomic mass is 9.90. The SMILES string of the molecule is O=[N+]([O-])c1cccnc1N1CCCC(c2ccccc2)C1. The number of piperidine rings is 1. The lowest BCUT2D eigenvalue weighted by Gasteiger charge is -2.33. The summed E-state index contributed by atoms with van der Waals surface area (Å²) in [6.07, 6.45) is 3.75. The zero-order chi connectivity index (χ0) is 14.7. The van der Waals surface area contributed by atoms with Crippen LogP contribution >= 0.6 is 0 Å². The number of aromatic nitrogens is 1. The Kier molecular flexibility index (Phi) is 3.81. The van der Waals surface area contributed by atoms with Gasteiger partial charge >= 0.3 is 5.69 Å². The normalized spacial score (nSPS) is 18.5. The zero-order valence-electron chi connectivity index (χ0n) is 11.7. The molecule has 1 aliphatic rings. The summed E-state index contributed by atoms with van der Waals surface area (Å²) in [7, 11) is 0. The van der Waals surface area contributed by atoms with E-state index < -0.39 is 0 Å². The molecule has 5 nitrogen and oxygen atoms in total. The molecule has 0 N–H and O–H groups in total. The van der Waals surface area contributed by atoms with Crippen molar-refractivity contribution in [2.45, 2.75) is 18.8 Å². The lowest BCUT2D eigenvalue weighted by Crippen LogP contribution is -2.35. The van der Waals surface area contributed by atoms with Gasteiger partial charge in [-0.2, -0.15) is 0 Å². The first-order valence-electron chi connectivity index (χ1n) is 7.15. The molecule has 1 unspecified atom stereocenters. The molecule has 5 heteroatoms. The number of anilines is 1. The van der Waals surface area contributed by atoms with Crippen LogP contribution in [0.4, 0.5) is 11.5 Å². The average Bonchev–Trinajstić information content (AvgIpc) is 2.56. The van der Waals surface area contributed by atoms with Crippen molar-refractivity contribution < 1.29 is 4.92 Å². The third-order valence-corrected chi connectivity index (χ3v) is 3.95. The summed E-state index contributed by atoms with van der Waals surface area (Å²) in [5, 5.41) is 11.2. The van der Waals surface area contributed by atoms with Gasteiger partial charge in [-0.1, -0.05) is 30.3 Å². The van der Waals surface area contributed by atoms with Crippen molar-refractivity contribution in [3.8, 4) is 0 Å². The minimum absolute atomic E-state index is 0.0891. The molecule has 21 heavy (non-hydrogen) atoms. The fourth-order valence-corrected chi connectivity index (χ4v) is 2.94. The third-order valence-electron chi connectivity index (χ3n) is 3.95. The highest BCUT2D eigenvalue weighted by atomic mass is 16.6. The van der Waals surface area contributed by atoms with Gasteiger partial charge in [-0.15, -0.1) is 0 Å². The number of benzene rings is 1. The van der Waals surface area contributed by atoms with E-state index in [2.05, 4.69) is 17.1 Å². The molecule has 1 saturated heterocycles. The summed E-state index contributed by atoms with van der Waals surface area (Å²) >= 11 is 0. The van der Waals surface area contributed by atoms with E-state index in [1.807, 2.05) is 23.1 Å². The van der Waals surface area contributed by atoms with Crippen LogP contribution in [0.5, 0.6) is 0 Å². The van der Waals surface area contributed by atoms with Crippen molar-refractivity contribution >= 4 is 11.5 Å². The second-order valence-electron chi connectivity index (χ2n) is 5.30. The van der Waals surface area contributed by atoms with Gasteiger partial charge in [-0.05, 0) is 24.5 Å². The number of pyridine rings is 1. The molecule has 0 aliphatic carbocycles. The number of hydrogen-bond acceptors (Lipinski definition) is 4. The van der Waals surface area contributed by atoms with Crippen LogP contribution in [-0.2, 0) is 0 Å². The Labute approximate surface area is 123 Å². The molecule has 0 bridgehead atoms. The maximum absolute atomic E-state index is 11.2. The van der Waals surface area contributed by atoms with Crippen LogP contribution in [0.1, 0.15) is 24.3 Å².